The number of thiazole rings is 1. The quantitative estimate of drug-likeness (QED) is 0.809. The SMILES string of the molecule is CSc1nc(C)c(CC(=O)N2c3ccccc3CC2C)s1. The van der Waals surface area contributed by atoms with Crippen LogP contribution in [0.25, 0.3) is 0 Å². The van der Waals surface area contributed by atoms with E-state index in [2.05, 4.69) is 18.0 Å². The maximum atomic E-state index is 12.7. The zero-order chi connectivity index (χ0) is 15.0. The molecule has 2 heterocycles. The van der Waals surface area contributed by atoms with E-state index in [1.807, 2.05) is 36.3 Å². The minimum Gasteiger partial charge on any atom is -0.309 e. The molecule has 3 nitrogen and oxygen atoms in total. The van der Waals surface area contributed by atoms with Crippen molar-refractivity contribution in [3.8, 4) is 0 Å². The number of amides is 1. The predicted molar refractivity (Wildman–Crippen MR) is 89.4 cm³/mol. The van der Waals surface area contributed by atoms with Gasteiger partial charge in [0.1, 0.15) is 4.34 Å². The Kier molecular flexibility index (Phi) is 4.04. The number of aromatic nitrogens is 1. The largest absolute Gasteiger partial charge is 0.309 e. The van der Waals surface area contributed by atoms with Crippen molar-refractivity contribution in [2.75, 3.05) is 11.2 Å². The van der Waals surface area contributed by atoms with Crippen molar-refractivity contribution in [2.24, 2.45) is 0 Å². The van der Waals surface area contributed by atoms with E-state index in [4.69, 9.17) is 0 Å². The fourth-order valence-corrected chi connectivity index (χ4v) is 4.47. The van der Waals surface area contributed by atoms with E-state index in [-0.39, 0.29) is 11.9 Å². The molecule has 0 saturated heterocycles. The topological polar surface area (TPSA) is 33.2 Å². The van der Waals surface area contributed by atoms with Gasteiger partial charge in [0.05, 0.1) is 12.1 Å². The van der Waals surface area contributed by atoms with Gasteiger partial charge in [0.15, 0.2) is 0 Å². The predicted octanol–water partition coefficient (Wildman–Crippen LogP) is 3.69. The Morgan fingerprint density at radius 2 is 2.24 bits per heavy atom. The minimum atomic E-state index is 0.173. The highest BCUT2D eigenvalue weighted by Gasteiger charge is 2.30. The van der Waals surface area contributed by atoms with E-state index in [0.717, 1.165) is 27.0 Å². The van der Waals surface area contributed by atoms with E-state index in [9.17, 15) is 4.79 Å². The van der Waals surface area contributed by atoms with Crippen molar-refractivity contribution in [2.45, 2.75) is 37.1 Å². The number of aryl methyl sites for hydroxylation is 1. The molecular formula is C16H18N2OS2. The second kappa shape index (κ2) is 5.81. The molecule has 1 atom stereocenters. The Bertz CT molecular complexity index is 681. The summed E-state index contributed by atoms with van der Waals surface area (Å²) in [6, 6.07) is 8.44. The maximum Gasteiger partial charge on any atom is 0.232 e. The van der Waals surface area contributed by atoms with E-state index in [0.29, 0.717) is 6.42 Å². The molecule has 21 heavy (non-hydrogen) atoms. The fraction of sp³-hybridized carbons (Fsp3) is 0.375. The first-order valence-corrected chi connectivity index (χ1v) is 9.04. The molecule has 0 radical (unpaired) electrons. The van der Waals surface area contributed by atoms with Gasteiger partial charge in [-0.2, -0.15) is 0 Å². The number of fused-ring (bicyclic) bond motifs is 1. The number of hydrogen-bond acceptors (Lipinski definition) is 4. The first-order chi connectivity index (χ1) is 10.1. The Morgan fingerprint density at radius 1 is 1.48 bits per heavy atom. The summed E-state index contributed by atoms with van der Waals surface area (Å²) in [5.41, 5.74) is 3.32. The summed E-state index contributed by atoms with van der Waals surface area (Å²) in [4.78, 5) is 20.3. The molecule has 1 aliphatic rings. The van der Waals surface area contributed by atoms with Crippen LogP contribution in [-0.2, 0) is 17.6 Å². The van der Waals surface area contributed by atoms with Crippen molar-refractivity contribution < 1.29 is 4.79 Å². The molecule has 110 valence electrons. The fourth-order valence-electron chi connectivity index (χ4n) is 2.82. The molecule has 1 aromatic heterocycles. The molecule has 0 N–H and O–H groups in total. The van der Waals surface area contributed by atoms with E-state index >= 15 is 0 Å². The van der Waals surface area contributed by atoms with Crippen LogP contribution < -0.4 is 4.90 Å². The standard InChI is InChI=1S/C16H18N2OS2/c1-10-8-12-6-4-5-7-13(12)18(10)15(19)9-14-11(2)17-16(20-3)21-14/h4-7,10H,8-9H2,1-3H3. The molecule has 0 bridgehead atoms. The summed E-state index contributed by atoms with van der Waals surface area (Å²) in [7, 11) is 0. The molecular weight excluding hydrogens is 300 g/mol. The summed E-state index contributed by atoms with van der Waals surface area (Å²) in [6.07, 6.45) is 3.41. The van der Waals surface area contributed by atoms with E-state index in [1.165, 1.54) is 5.56 Å². The van der Waals surface area contributed by atoms with Crippen LogP contribution in [-0.4, -0.2) is 23.2 Å². The van der Waals surface area contributed by atoms with Gasteiger partial charge in [0.25, 0.3) is 0 Å². The number of hydrogen-bond donors (Lipinski definition) is 0. The van der Waals surface area contributed by atoms with Gasteiger partial charge < -0.3 is 4.90 Å². The molecule has 5 heteroatoms. The first kappa shape index (κ1) is 14.6. The van der Waals surface area contributed by atoms with Crippen molar-refractivity contribution in [1.82, 2.24) is 4.98 Å². The molecule has 1 amide bonds. The van der Waals surface area contributed by atoms with Gasteiger partial charge in [0, 0.05) is 16.6 Å². The maximum absolute atomic E-state index is 12.7. The van der Waals surface area contributed by atoms with Crippen LogP contribution in [0, 0.1) is 6.92 Å². The summed E-state index contributed by atoms with van der Waals surface area (Å²) in [5, 5.41) is 0. The number of thioether (sulfide) groups is 1. The van der Waals surface area contributed by atoms with Crippen LogP contribution >= 0.6 is 23.1 Å². The normalized spacial score (nSPS) is 17.1. The van der Waals surface area contributed by atoms with Gasteiger partial charge in [-0.1, -0.05) is 30.0 Å². The van der Waals surface area contributed by atoms with E-state index in [1.54, 1.807) is 23.1 Å². The number of para-hydroxylation sites is 1. The highest BCUT2D eigenvalue weighted by atomic mass is 32.2. The Balaban J connectivity index is 1.84. The monoisotopic (exact) mass is 318 g/mol. The van der Waals surface area contributed by atoms with Gasteiger partial charge in [-0.3, -0.25) is 4.79 Å². The zero-order valence-corrected chi connectivity index (χ0v) is 14.1. The lowest BCUT2D eigenvalue weighted by Gasteiger charge is -2.22. The smallest absolute Gasteiger partial charge is 0.232 e. The second-order valence-corrected chi connectivity index (χ2v) is 7.45. The molecule has 1 unspecified atom stereocenters. The molecule has 1 aliphatic heterocycles. The van der Waals surface area contributed by atoms with E-state index < -0.39 is 0 Å². The average Bonchev–Trinajstić information content (AvgIpc) is 2.98. The molecule has 0 saturated carbocycles. The summed E-state index contributed by atoms with van der Waals surface area (Å²) >= 11 is 3.27. The van der Waals surface area contributed by atoms with Gasteiger partial charge in [-0.15, -0.1) is 11.3 Å². The number of carbonyl (C=O) groups excluding carboxylic acids is 1. The highest BCUT2D eigenvalue weighted by molar-refractivity contribution is 8.00. The molecule has 2 aromatic rings. The van der Waals surface area contributed by atoms with Gasteiger partial charge in [-0.25, -0.2) is 4.98 Å². The minimum absolute atomic E-state index is 0.173. The van der Waals surface area contributed by atoms with Crippen LogP contribution in [0.1, 0.15) is 23.1 Å². The highest BCUT2D eigenvalue weighted by Crippen LogP contribution is 2.33. The Hall–Kier alpha value is -1.33. The van der Waals surface area contributed by atoms with Crippen molar-refractivity contribution in [3.05, 3.63) is 40.4 Å². The summed E-state index contributed by atoms with van der Waals surface area (Å²) in [5.74, 6) is 0.173. The number of nitrogens with zero attached hydrogens (tertiary/aromatic N) is 2. The molecule has 3 rings (SSSR count). The van der Waals surface area contributed by atoms with Crippen LogP contribution in [0.5, 0.6) is 0 Å². The lowest BCUT2D eigenvalue weighted by atomic mass is 10.1. The average molecular weight is 318 g/mol. The van der Waals surface area contributed by atoms with Crippen LogP contribution in [0.4, 0.5) is 5.69 Å². The third-order valence-corrected chi connectivity index (χ3v) is 5.98. The first-order valence-electron chi connectivity index (χ1n) is 7.00. The van der Waals surface area contributed by atoms with Crippen LogP contribution in [0.2, 0.25) is 0 Å². The molecule has 0 fully saturated rings. The molecule has 1 aromatic carbocycles. The Morgan fingerprint density at radius 3 is 2.95 bits per heavy atom. The van der Waals surface area contributed by atoms with Gasteiger partial charge in [0.2, 0.25) is 5.91 Å². The lowest BCUT2D eigenvalue weighted by Crippen LogP contribution is -2.36. The summed E-state index contributed by atoms with van der Waals surface area (Å²) in [6.45, 7) is 4.10. The Labute approximate surface area is 133 Å². The summed E-state index contributed by atoms with van der Waals surface area (Å²) < 4.78 is 1.03. The third-order valence-electron chi connectivity index (χ3n) is 3.84. The van der Waals surface area contributed by atoms with Crippen molar-refractivity contribution >= 4 is 34.7 Å². The molecule has 0 aliphatic carbocycles. The van der Waals surface area contributed by atoms with Gasteiger partial charge in [-0.05, 0) is 38.2 Å². The van der Waals surface area contributed by atoms with Crippen LogP contribution in [0.15, 0.2) is 28.6 Å². The zero-order valence-electron chi connectivity index (χ0n) is 12.4. The number of carbonyl (C=O) groups is 1. The number of benzene rings is 1. The number of rotatable bonds is 3. The van der Waals surface area contributed by atoms with Crippen molar-refractivity contribution in [1.29, 1.82) is 0 Å². The molecule has 0 spiro atoms. The number of anilines is 1. The van der Waals surface area contributed by atoms with Crippen LogP contribution in [0.3, 0.4) is 0 Å². The lowest BCUT2D eigenvalue weighted by molar-refractivity contribution is -0.118. The second-order valence-electron chi connectivity index (χ2n) is 5.31. The third kappa shape index (κ3) is 2.72. The van der Waals surface area contributed by atoms with Gasteiger partial charge >= 0.3 is 0 Å². The van der Waals surface area contributed by atoms with Crippen molar-refractivity contribution in [3.63, 3.8) is 0 Å².